The topological polar surface area (TPSA) is 50.7 Å². The molecular formula is C42H61NO3Si2. The van der Waals surface area contributed by atoms with E-state index in [1.54, 1.807) is 0 Å². The van der Waals surface area contributed by atoms with E-state index in [4.69, 9.17) is 8.85 Å². The Morgan fingerprint density at radius 2 is 0.729 bits per heavy atom. The molecule has 0 bridgehead atoms. The zero-order chi connectivity index (χ0) is 35.4. The number of hydrogen-bond donors (Lipinski definition) is 2. The van der Waals surface area contributed by atoms with E-state index in [0.29, 0.717) is 0 Å². The Hall–Kier alpha value is -2.85. The van der Waals surface area contributed by atoms with Crippen LogP contribution in [0.15, 0.2) is 121 Å². The zero-order valence-electron chi connectivity index (χ0n) is 31.2. The first kappa shape index (κ1) is 39.6. The molecule has 4 aromatic rings. The molecule has 0 aliphatic heterocycles. The average Bonchev–Trinajstić information content (AvgIpc) is 3.11. The van der Waals surface area contributed by atoms with Crippen molar-refractivity contribution in [2.24, 2.45) is 0 Å². The number of benzene rings is 4. The second-order valence-electron chi connectivity index (χ2n) is 14.3. The van der Waals surface area contributed by atoms with E-state index in [1.807, 2.05) is 27.7 Å². The standard InChI is InChI=1S/C38H49NO3Si2.2C2H6/c1-37(2,3)43(33-19-11-7-12-20-33,34-21-13-8-14-22-34)41-31-27-30(39-40)28-32(29-31)42-44(38(4,5)6,35-23-15-9-16-24-35)36-25-17-10-18-26-36;2*1-2/h7-26,30-32,39-40H,27-29H2,1-6H3;2*1-2H3/t30?,31-,32+;;. The van der Waals surface area contributed by atoms with Gasteiger partial charge in [0.25, 0.3) is 16.6 Å². The number of rotatable bonds is 9. The maximum Gasteiger partial charge on any atom is 0.261 e. The Bertz CT molecular complexity index is 1270. The van der Waals surface area contributed by atoms with Gasteiger partial charge in [-0.2, -0.15) is 0 Å². The van der Waals surface area contributed by atoms with E-state index in [-0.39, 0.29) is 28.3 Å². The Morgan fingerprint density at radius 3 is 0.938 bits per heavy atom. The summed E-state index contributed by atoms with van der Waals surface area (Å²) in [5.74, 6) is 0. The molecule has 0 spiro atoms. The largest absolute Gasteiger partial charge is 0.404 e. The zero-order valence-corrected chi connectivity index (χ0v) is 33.2. The highest BCUT2D eigenvalue weighted by atomic mass is 28.4. The number of hydroxylamine groups is 1. The maximum atomic E-state index is 10.4. The van der Waals surface area contributed by atoms with Crippen LogP contribution in [0, 0.1) is 0 Å². The molecule has 3 atom stereocenters. The van der Waals surface area contributed by atoms with Crippen molar-refractivity contribution in [3.8, 4) is 0 Å². The van der Waals surface area contributed by atoms with Crippen LogP contribution in [0.5, 0.6) is 0 Å². The highest BCUT2D eigenvalue weighted by Gasteiger charge is 2.54. The van der Waals surface area contributed by atoms with E-state index >= 15 is 0 Å². The van der Waals surface area contributed by atoms with Crippen LogP contribution in [-0.4, -0.2) is 40.1 Å². The van der Waals surface area contributed by atoms with E-state index in [0.717, 1.165) is 19.3 Å². The fourth-order valence-electron chi connectivity index (χ4n) is 7.40. The molecule has 1 saturated carbocycles. The Kier molecular flexibility index (Phi) is 14.6. The minimum absolute atomic E-state index is 0.0945. The smallest absolute Gasteiger partial charge is 0.261 e. The minimum Gasteiger partial charge on any atom is -0.404 e. The van der Waals surface area contributed by atoms with Gasteiger partial charge in [0.15, 0.2) is 0 Å². The lowest BCUT2D eigenvalue weighted by Gasteiger charge is -2.49. The molecule has 1 unspecified atom stereocenters. The van der Waals surface area contributed by atoms with Gasteiger partial charge in [0, 0.05) is 18.2 Å². The van der Waals surface area contributed by atoms with E-state index in [9.17, 15) is 5.21 Å². The third kappa shape index (κ3) is 8.47. The Labute approximate surface area is 294 Å². The van der Waals surface area contributed by atoms with E-state index < -0.39 is 16.6 Å². The molecule has 0 heterocycles. The second kappa shape index (κ2) is 17.7. The van der Waals surface area contributed by atoms with E-state index in [1.165, 1.54) is 20.7 Å². The summed E-state index contributed by atoms with van der Waals surface area (Å²) in [5.41, 5.74) is 2.64. The van der Waals surface area contributed by atoms with Crippen molar-refractivity contribution in [1.29, 1.82) is 0 Å². The monoisotopic (exact) mass is 683 g/mol. The fraction of sp³-hybridized carbons (Fsp3) is 0.429. The van der Waals surface area contributed by atoms with Gasteiger partial charge < -0.3 is 14.1 Å². The van der Waals surface area contributed by atoms with Gasteiger partial charge in [0.1, 0.15) is 0 Å². The predicted molar refractivity (Wildman–Crippen MR) is 210 cm³/mol. The molecule has 5 rings (SSSR count). The summed E-state index contributed by atoms with van der Waals surface area (Å²) in [4.78, 5) is 0. The summed E-state index contributed by atoms with van der Waals surface area (Å²) in [7, 11) is -5.57. The highest BCUT2D eigenvalue weighted by Crippen LogP contribution is 2.42. The molecule has 0 radical (unpaired) electrons. The lowest BCUT2D eigenvalue weighted by molar-refractivity contribution is 0.00446. The van der Waals surface area contributed by atoms with Gasteiger partial charge in [-0.3, -0.25) is 0 Å². The minimum atomic E-state index is -2.79. The van der Waals surface area contributed by atoms with Crippen LogP contribution >= 0.6 is 0 Å². The van der Waals surface area contributed by atoms with Crippen LogP contribution in [0.2, 0.25) is 10.1 Å². The van der Waals surface area contributed by atoms with Crippen molar-refractivity contribution >= 4 is 37.4 Å². The fourth-order valence-corrected chi connectivity index (χ4v) is 16.8. The average molecular weight is 684 g/mol. The molecule has 1 aliphatic carbocycles. The Morgan fingerprint density at radius 1 is 0.479 bits per heavy atom. The lowest BCUT2D eigenvalue weighted by Crippen LogP contribution is -2.69. The molecule has 4 aromatic carbocycles. The van der Waals surface area contributed by atoms with Crippen LogP contribution in [0.25, 0.3) is 0 Å². The third-order valence-corrected chi connectivity index (χ3v) is 19.5. The first-order valence-electron chi connectivity index (χ1n) is 18.0. The van der Waals surface area contributed by atoms with E-state index in [2.05, 4.69) is 168 Å². The summed E-state index contributed by atoms with van der Waals surface area (Å²) in [5, 5.41) is 15.2. The summed E-state index contributed by atoms with van der Waals surface area (Å²) >= 11 is 0. The van der Waals surface area contributed by atoms with Gasteiger partial charge in [-0.15, -0.1) is 0 Å². The van der Waals surface area contributed by atoms with Crippen LogP contribution < -0.4 is 26.2 Å². The predicted octanol–water partition coefficient (Wildman–Crippen LogP) is 8.46. The first-order valence-corrected chi connectivity index (χ1v) is 21.8. The summed E-state index contributed by atoms with van der Waals surface area (Å²) in [6, 6.07) is 43.1. The molecule has 260 valence electrons. The normalized spacial score (nSPS) is 18.5. The maximum absolute atomic E-state index is 10.4. The first-order chi connectivity index (χ1) is 23.0. The molecule has 4 nitrogen and oxygen atoms in total. The van der Waals surface area contributed by atoms with Crippen LogP contribution in [-0.2, 0) is 8.85 Å². The van der Waals surface area contributed by atoms with Crippen molar-refractivity contribution in [2.45, 2.75) is 117 Å². The number of nitrogens with one attached hydrogen (secondary N) is 1. The molecule has 2 N–H and O–H groups in total. The van der Waals surface area contributed by atoms with Crippen molar-refractivity contribution in [2.75, 3.05) is 0 Å². The van der Waals surface area contributed by atoms with Crippen molar-refractivity contribution in [3.05, 3.63) is 121 Å². The molecule has 1 fully saturated rings. The molecular weight excluding hydrogens is 623 g/mol. The van der Waals surface area contributed by atoms with Gasteiger partial charge >= 0.3 is 0 Å². The van der Waals surface area contributed by atoms with Gasteiger partial charge in [-0.1, -0.05) is 191 Å². The van der Waals surface area contributed by atoms with Gasteiger partial charge in [0.05, 0.1) is 0 Å². The van der Waals surface area contributed by atoms with Crippen molar-refractivity contribution < 1.29 is 14.1 Å². The molecule has 48 heavy (non-hydrogen) atoms. The quantitative estimate of drug-likeness (QED) is 0.137. The molecule has 6 heteroatoms. The van der Waals surface area contributed by atoms with Gasteiger partial charge in [-0.25, -0.2) is 5.48 Å². The van der Waals surface area contributed by atoms with Gasteiger partial charge in [-0.05, 0) is 50.1 Å². The molecule has 1 aliphatic rings. The summed E-state index contributed by atoms with van der Waals surface area (Å²) in [6.07, 6.45) is 2.03. The van der Waals surface area contributed by atoms with Crippen molar-refractivity contribution in [3.63, 3.8) is 0 Å². The molecule has 0 amide bonds. The van der Waals surface area contributed by atoms with Crippen LogP contribution in [0.3, 0.4) is 0 Å². The summed E-state index contributed by atoms with van der Waals surface area (Å²) < 4.78 is 15.2. The highest BCUT2D eigenvalue weighted by molar-refractivity contribution is 7.00. The number of hydrogen-bond acceptors (Lipinski definition) is 4. The Balaban J connectivity index is 0.00000151. The third-order valence-electron chi connectivity index (χ3n) is 9.32. The lowest BCUT2D eigenvalue weighted by atomic mass is 9.91. The van der Waals surface area contributed by atoms with Crippen molar-refractivity contribution in [1.82, 2.24) is 5.48 Å². The van der Waals surface area contributed by atoms with Gasteiger partial charge in [0.2, 0.25) is 0 Å². The summed E-state index contributed by atoms with van der Waals surface area (Å²) in [6.45, 7) is 21.9. The second-order valence-corrected chi connectivity index (χ2v) is 22.8. The van der Waals surface area contributed by atoms with Crippen LogP contribution in [0.1, 0.15) is 88.5 Å². The SMILES string of the molecule is CC.CC.CC(C)(C)[Si](O[C@@H]1CC(NO)C[C@H](O[Si](c2ccccc2)(c2ccccc2)C(C)(C)C)C1)(c1ccccc1)c1ccccc1. The molecule has 0 saturated heterocycles. The van der Waals surface area contributed by atoms with Crippen LogP contribution in [0.4, 0.5) is 0 Å². The molecule has 0 aromatic heterocycles.